The fourth-order valence-electron chi connectivity index (χ4n) is 3.79. The molecule has 2 aliphatic rings. The fraction of sp³-hybridized carbons (Fsp3) is 1.00. The molecule has 10 unspecified atom stereocenters. The van der Waals surface area contributed by atoms with Gasteiger partial charge in [-0.25, -0.2) is 0 Å². The summed E-state index contributed by atoms with van der Waals surface area (Å²) in [5.41, 5.74) is 0. The molecule has 1 aliphatic heterocycles. The fourth-order valence-corrected chi connectivity index (χ4v) is 3.79. The third-order valence-electron chi connectivity index (χ3n) is 5.33. The van der Waals surface area contributed by atoms with E-state index < -0.39 is 74.1 Å². The van der Waals surface area contributed by atoms with Gasteiger partial charge < -0.3 is 45.2 Å². The molecular weight excluding hydrogens is 348 g/mol. The molecule has 0 bridgehead atoms. The van der Waals surface area contributed by atoms with Crippen LogP contribution in [-0.2, 0) is 9.47 Å². The molecule has 9 heteroatoms. The summed E-state index contributed by atoms with van der Waals surface area (Å²) in [6, 6.07) is 0. The van der Waals surface area contributed by atoms with Gasteiger partial charge in [0.25, 0.3) is 0 Å². The van der Waals surface area contributed by atoms with E-state index in [4.69, 9.17) is 9.47 Å². The van der Waals surface area contributed by atoms with Gasteiger partial charge in [0.05, 0.1) is 24.9 Å². The molecule has 154 valence electrons. The molecule has 9 nitrogen and oxygen atoms in total. The van der Waals surface area contributed by atoms with Crippen LogP contribution in [0.3, 0.4) is 0 Å². The van der Waals surface area contributed by atoms with E-state index in [1.807, 2.05) is 13.8 Å². The van der Waals surface area contributed by atoms with Crippen molar-refractivity contribution in [3.8, 4) is 0 Å². The van der Waals surface area contributed by atoms with Gasteiger partial charge in [-0.3, -0.25) is 0 Å². The van der Waals surface area contributed by atoms with Gasteiger partial charge in [-0.15, -0.1) is 0 Å². The highest BCUT2D eigenvalue weighted by Gasteiger charge is 2.49. The molecule has 1 aliphatic carbocycles. The van der Waals surface area contributed by atoms with E-state index in [-0.39, 0.29) is 12.3 Å². The Bertz CT molecular complexity index is 430. The predicted octanol–water partition coefficient (Wildman–Crippen LogP) is -2.64. The van der Waals surface area contributed by atoms with Gasteiger partial charge in [-0.1, -0.05) is 13.8 Å². The molecule has 2 fully saturated rings. The second kappa shape index (κ2) is 9.22. The van der Waals surface area contributed by atoms with Crippen molar-refractivity contribution in [2.24, 2.45) is 11.8 Å². The Labute approximate surface area is 152 Å². The van der Waals surface area contributed by atoms with E-state index in [1.165, 1.54) is 0 Å². The van der Waals surface area contributed by atoms with Crippen LogP contribution in [0.2, 0.25) is 0 Å². The summed E-state index contributed by atoms with van der Waals surface area (Å²) in [5, 5.41) is 69.7. The van der Waals surface area contributed by atoms with E-state index >= 15 is 0 Å². The van der Waals surface area contributed by atoms with Gasteiger partial charge in [0, 0.05) is 12.5 Å². The lowest BCUT2D eigenvalue weighted by Gasteiger charge is -2.46. The molecule has 0 radical (unpaired) electrons. The third-order valence-corrected chi connectivity index (χ3v) is 5.33. The molecule has 0 amide bonds. The monoisotopic (exact) mass is 380 g/mol. The lowest BCUT2D eigenvalue weighted by molar-refractivity contribution is -0.274. The highest BCUT2D eigenvalue weighted by atomic mass is 16.6. The summed E-state index contributed by atoms with van der Waals surface area (Å²) in [7, 11) is 0. The molecule has 1 heterocycles. The largest absolute Gasteiger partial charge is 0.396 e. The number of ether oxygens (including phenoxy) is 2. The molecule has 10 atom stereocenters. The van der Waals surface area contributed by atoms with Gasteiger partial charge in [-0.2, -0.15) is 0 Å². The van der Waals surface area contributed by atoms with Gasteiger partial charge >= 0.3 is 0 Å². The Balaban J connectivity index is 2.11. The van der Waals surface area contributed by atoms with Gasteiger partial charge in [0.15, 0.2) is 0 Å². The standard InChI is InChI=1S/C17H32O9/c1-7(2)3-9-14(22)16(24)17(11(6-19)25-9)26-10-4-8(5-18)12(20)15(23)13(10)21/h7-24H,3-6H2,1-2H3. The average Bonchev–Trinajstić information content (AvgIpc) is 2.60. The van der Waals surface area contributed by atoms with Crippen LogP contribution in [0, 0.1) is 11.8 Å². The highest BCUT2D eigenvalue weighted by Crippen LogP contribution is 2.33. The maximum atomic E-state index is 10.5. The Morgan fingerprint density at radius 1 is 0.846 bits per heavy atom. The summed E-state index contributed by atoms with van der Waals surface area (Å²) >= 11 is 0. The number of hydrogen-bond acceptors (Lipinski definition) is 9. The van der Waals surface area contributed by atoms with E-state index in [9.17, 15) is 35.7 Å². The minimum atomic E-state index is -1.52. The number of rotatable bonds is 6. The van der Waals surface area contributed by atoms with Crippen LogP contribution in [0.15, 0.2) is 0 Å². The normalized spacial score (nSPS) is 47.3. The van der Waals surface area contributed by atoms with Crippen LogP contribution in [0.1, 0.15) is 26.7 Å². The Morgan fingerprint density at radius 2 is 1.50 bits per heavy atom. The summed E-state index contributed by atoms with van der Waals surface area (Å²) < 4.78 is 11.4. The average molecular weight is 380 g/mol. The lowest BCUT2D eigenvalue weighted by atomic mass is 9.81. The quantitative estimate of drug-likeness (QED) is 0.261. The zero-order valence-corrected chi connectivity index (χ0v) is 15.1. The smallest absolute Gasteiger partial charge is 0.115 e. The number of aliphatic hydroxyl groups excluding tert-OH is 7. The second-order valence-electron chi connectivity index (χ2n) is 7.80. The zero-order valence-electron chi connectivity index (χ0n) is 15.1. The van der Waals surface area contributed by atoms with Crippen LogP contribution >= 0.6 is 0 Å². The van der Waals surface area contributed by atoms with Gasteiger partial charge in [-0.05, 0) is 18.8 Å². The summed E-state index contributed by atoms with van der Waals surface area (Å²) in [4.78, 5) is 0. The van der Waals surface area contributed by atoms with E-state index in [1.54, 1.807) is 0 Å². The van der Waals surface area contributed by atoms with Crippen LogP contribution in [0.4, 0.5) is 0 Å². The van der Waals surface area contributed by atoms with Crippen molar-refractivity contribution < 1.29 is 45.2 Å². The molecule has 26 heavy (non-hydrogen) atoms. The molecule has 2 rings (SSSR count). The molecule has 0 aromatic heterocycles. The van der Waals surface area contributed by atoms with Gasteiger partial charge in [0.2, 0.25) is 0 Å². The maximum Gasteiger partial charge on any atom is 0.115 e. The Kier molecular flexibility index (Phi) is 7.78. The maximum absolute atomic E-state index is 10.5. The number of hydrogen-bond donors (Lipinski definition) is 7. The van der Waals surface area contributed by atoms with E-state index in [0.29, 0.717) is 6.42 Å². The van der Waals surface area contributed by atoms with Gasteiger partial charge in [0.1, 0.15) is 36.6 Å². The van der Waals surface area contributed by atoms with Crippen LogP contribution in [0.5, 0.6) is 0 Å². The lowest BCUT2D eigenvalue weighted by Crippen LogP contribution is -2.63. The number of aliphatic hydroxyl groups is 7. The molecule has 0 aromatic carbocycles. The van der Waals surface area contributed by atoms with Crippen molar-refractivity contribution in [2.45, 2.75) is 81.6 Å². The van der Waals surface area contributed by atoms with Crippen LogP contribution in [0.25, 0.3) is 0 Å². The zero-order chi connectivity index (χ0) is 19.6. The Morgan fingerprint density at radius 3 is 2.04 bits per heavy atom. The van der Waals surface area contributed by atoms with E-state index in [2.05, 4.69) is 0 Å². The first-order valence-corrected chi connectivity index (χ1v) is 9.14. The molecular formula is C17H32O9. The first kappa shape index (κ1) is 21.9. The van der Waals surface area contributed by atoms with Crippen LogP contribution < -0.4 is 0 Å². The molecule has 0 spiro atoms. The molecule has 0 aromatic rings. The second-order valence-corrected chi connectivity index (χ2v) is 7.80. The van der Waals surface area contributed by atoms with Crippen LogP contribution in [-0.4, -0.2) is 104 Å². The summed E-state index contributed by atoms with van der Waals surface area (Å²) in [6.45, 7) is 3.02. The molecule has 7 N–H and O–H groups in total. The summed E-state index contributed by atoms with van der Waals surface area (Å²) in [6.07, 6.45) is -9.99. The van der Waals surface area contributed by atoms with Crippen molar-refractivity contribution in [3.05, 3.63) is 0 Å². The first-order chi connectivity index (χ1) is 12.2. The van der Waals surface area contributed by atoms with Crippen molar-refractivity contribution in [1.29, 1.82) is 0 Å². The highest BCUT2D eigenvalue weighted by molar-refractivity contribution is 4.97. The Hall–Kier alpha value is -0.360. The first-order valence-electron chi connectivity index (χ1n) is 9.14. The topological polar surface area (TPSA) is 160 Å². The minimum absolute atomic E-state index is 0.0444. The molecule has 1 saturated carbocycles. The minimum Gasteiger partial charge on any atom is -0.396 e. The predicted molar refractivity (Wildman–Crippen MR) is 89.1 cm³/mol. The van der Waals surface area contributed by atoms with E-state index in [0.717, 1.165) is 0 Å². The SMILES string of the molecule is CC(C)CC1OC(CO)C(OC2CC(CO)C(O)C(O)C2O)C(O)C1O. The molecule has 1 saturated heterocycles. The van der Waals surface area contributed by atoms with Crippen molar-refractivity contribution >= 4 is 0 Å². The van der Waals surface area contributed by atoms with Crippen molar-refractivity contribution in [3.63, 3.8) is 0 Å². The van der Waals surface area contributed by atoms with Crippen molar-refractivity contribution in [1.82, 2.24) is 0 Å². The van der Waals surface area contributed by atoms with Crippen molar-refractivity contribution in [2.75, 3.05) is 13.2 Å². The third kappa shape index (κ3) is 4.54. The summed E-state index contributed by atoms with van der Waals surface area (Å²) in [5.74, 6) is -0.494.